The first-order valence-electron chi connectivity index (χ1n) is 23.0. The maximum atomic E-state index is 13.6. The minimum absolute atomic E-state index is 0.159. The summed E-state index contributed by atoms with van der Waals surface area (Å²) in [5.41, 5.74) is 5.87. The van der Waals surface area contributed by atoms with E-state index in [9.17, 15) is 19.6 Å². The van der Waals surface area contributed by atoms with Crippen LogP contribution >= 0.6 is 11.6 Å². The standard InChI is InChI=1S/C49H64ClN9O3/c1-37-33-49(36-59(37)45-9-6-40(34-51)46(50)32-45)18-25-54(26-19-49)41-7-4-39(5-8-41)47(61)57-23-14-38(15-24-57)35-53-21-16-43(17-22-53)56-29-27-55(28-30-56)42-10-12-44(13-11-42)58(20-3-31-60)48(62)52-2/h4-13,31-32,37-38,43H,3,14-30,33,35-36H2,1-2H3,(H,52,62)/t37-/m0/s1. The van der Waals surface area contributed by atoms with Crippen molar-refractivity contribution in [2.75, 3.05) is 112 Å². The van der Waals surface area contributed by atoms with E-state index in [0.29, 0.717) is 41.6 Å². The van der Waals surface area contributed by atoms with Crippen molar-refractivity contribution in [2.24, 2.45) is 11.3 Å². The lowest BCUT2D eigenvalue weighted by molar-refractivity contribution is -0.107. The number of nitrogens with one attached hydrogen (secondary N) is 1. The minimum Gasteiger partial charge on any atom is -0.371 e. The lowest BCUT2D eigenvalue weighted by atomic mass is 9.76. The van der Waals surface area contributed by atoms with Crippen LogP contribution in [0.4, 0.5) is 27.5 Å². The Labute approximate surface area is 373 Å². The number of hydrogen-bond donors (Lipinski definition) is 1. The van der Waals surface area contributed by atoms with Crippen molar-refractivity contribution >= 4 is 52.6 Å². The molecular formula is C49H64ClN9O3. The molecule has 3 amide bonds. The van der Waals surface area contributed by atoms with Gasteiger partial charge < -0.3 is 34.6 Å². The van der Waals surface area contributed by atoms with Crippen molar-refractivity contribution in [2.45, 2.75) is 70.4 Å². The zero-order valence-electron chi connectivity index (χ0n) is 36.7. The number of nitrogens with zero attached hydrogens (tertiary/aromatic N) is 8. The first kappa shape index (κ1) is 43.8. The number of rotatable bonds is 11. The van der Waals surface area contributed by atoms with Gasteiger partial charge in [-0.1, -0.05) is 11.6 Å². The van der Waals surface area contributed by atoms with E-state index in [0.717, 1.165) is 134 Å². The second-order valence-electron chi connectivity index (χ2n) is 18.5. The fourth-order valence-electron chi connectivity index (χ4n) is 11.0. The molecule has 5 heterocycles. The number of carbonyl (C=O) groups excluding carboxylic acids is 3. The first-order valence-corrected chi connectivity index (χ1v) is 23.4. The van der Waals surface area contributed by atoms with Gasteiger partial charge in [0.25, 0.3) is 5.91 Å². The van der Waals surface area contributed by atoms with E-state index in [-0.39, 0.29) is 17.4 Å². The van der Waals surface area contributed by atoms with E-state index in [2.05, 4.69) is 72.0 Å². The predicted molar refractivity (Wildman–Crippen MR) is 249 cm³/mol. The summed E-state index contributed by atoms with van der Waals surface area (Å²) in [6.07, 6.45) is 9.14. The molecular weight excluding hydrogens is 798 g/mol. The van der Waals surface area contributed by atoms with Crippen LogP contribution in [0.3, 0.4) is 0 Å². The third-order valence-electron chi connectivity index (χ3n) is 14.7. The average molecular weight is 863 g/mol. The highest BCUT2D eigenvalue weighted by Crippen LogP contribution is 2.46. The first-order chi connectivity index (χ1) is 30.2. The molecule has 1 N–H and O–H groups in total. The molecule has 5 aliphatic heterocycles. The molecule has 13 heteroatoms. The van der Waals surface area contributed by atoms with Crippen LogP contribution in [0, 0.1) is 22.7 Å². The van der Waals surface area contributed by atoms with Crippen LogP contribution in [0.5, 0.6) is 0 Å². The van der Waals surface area contributed by atoms with Crippen molar-refractivity contribution in [1.29, 1.82) is 5.26 Å². The molecule has 330 valence electrons. The van der Waals surface area contributed by atoms with E-state index in [1.807, 2.05) is 42.5 Å². The quantitative estimate of drug-likeness (QED) is 0.205. The molecule has 0 saturated carbocycles. The van der Waals surface area contributed by atoms with Gasteiger partial charge in [0.15, 0.2) is 0 Å². The number of aldehydes is 1. The maximum absolute atomic E-state index is 13.6. The van der Waals surface area contributed by atoms with E-state index >= 15 is 0 Å². The monoisotopic (exact) mass is 861 g/mol. The number of amides is 3. The number of halogens is 1. The van der Waals surface area contributed by atoms with Gasteiger partial charge in [-0.15, -0.1) is 0 Å². The largest absolute Gasteiger partial charge is 0.371 e. The number of piperazine rings is 1. The van der Waals surface area contributed by atoms with Gasteiger partial charge in [-0.2, -0.15) is 5.26 Å². The Morgan fingerprint density at radius 3 is 2.08 bits per heavy atom. The summed E-state index contributed by atoms with van der Waals surface area (Å²) in [5.74, 6) is 0.799. The number of piperidine rings is 3. The topological polar surface area (TPSA) is 110 Å². The zero-order valence-corrected chi connectivity index (χ0v) is 37.4. The van der Waals surface area contributed by atoms with E-state index in [1.54, 1.807) is 11.9 Å². The molecule has 62 heavy (non-hydrogen) atoms. The van der Waals surface area contributed by atoms with Gasteiger partial charge in [-0.3, -0.25) is 14.6 Å². The summed E-state index contributed by atoms with van der Waals surface area (Å²) in [6, 6.07) is 25.3. The predicted octanol–water partition coefficient (Wildman–Crippen LogP) is 6.97. The number of nitriles is 1. The number of anilines is 4. The Kier molecular flexibility index (Phi) is 13.9. The number of urea groups is 1. The molecule has 0 unspecified atom stereocenters. The van der Waals surface area contributed by atoms with Crippen molar-refractivity contribution < 1.29 is 14.4 Å². The van der Waals surface area contributed by atoms with E-state index in [4.69, 9.17) is 11.6 Å². The number of likely N-dealkylation sites (tertiary alicyclic amines) is 2. The number of benzene rings is 3. The smallest absolute Gasteiger partial charge is 0.321 e. The van der Waals surface area contributed by atoms with Crippen molar-refractivity contribution in [3.8, 4) is 6.07 Å². The zero-order chi connectivity index (χ0) is 43.2. The molecule has 5 aliphatic rings. The van der Waals surface area contributed by atoms with Gasteiger partial charge in [0.2, 0.25) is 0 Å². The van der Waals surface area contributed by atoms with Crippen LogP contribution < -0.4 is 24.9 Å². The average Bonchev–Trinajstić information content (AvgIpc) is 3.64. The summed E-state index contributed by atoms with van der Waals surface area (Å²) in [5, 5.41) is 12.5. The van der Waals surface area contributed by atoms with Crippen LogP contribution in [-0.2, 0) is 4.79 Å². The molecule has 1 spiro atoms. The minimum atomic E-state index is -0.209. The summed E-state index contributed by atoms with van der Waals surface area (Å²) in [6.45, 7) is 14.9. The van der Waals surface area contributed by atoms with Crippen molar-refractivity contribution in [3.05, 3.63) is 82.9 Å². The van der Waals surface area contributed by atoms with Gasteiger partial charge in [0.05, 0.1) is 10.6 Å². The lowest BCUT2D eigenvalue weighted by Gasteiger charge is -2.44. The Morgan fingerprint density at radius 1 is 0.839 bits per heavy atom. The van der Waals surface area contributed by atoms with Gasteiger partial charge in [-0.25, -0.2) is 4.79 Å². The van der Waals surface area contributed by atoms with Crippen LogP contribution in [-0.4, -0.2) is 137 Å². The summed E-state index contributed by atoms with van der Waals surface area (Å²) in [7, 11) is 1.61. The van der Waals surface area contributed by atoms with E-state index < -0.39 is 0 Å². The highest BCUT2D eigenvalue weighted by molar-refractivity contribution is 6.32. The van der Waals surface area contributed by atoms with Gasteiger partial charge in [-0.05, 0) is 143 Å². The van der Waals surface area contributed by atoms with Gasteiger partial charge in [0.1, 0.15) is 12.4 Å². The Morgan fingerprint density at radius 2 is 1.47 bits per heavy atom. The molecule has 5 fully saturated rings. The van der Waals surface area contributed by atoms with Gasteiger partial charge >= 0.3 is 6.03 Å². The summed E-state index contributed by atoms with van der Waals surface area (Å²) in [4.78, 5) is 53.3. The molecule has 3 aromatic rings. The summed E-state index contributed by atoms with van der Waals surface area (Å²) >= 11 is 6.40. The van der Waals surface area contributed by atoms with Crippen LogP contribution in [0.25, 0.3) is 0 Å². The Balaban J connectivity index is 0.730. The van der Waals surface area contributed by atoms with E-state index in [1.165, 1.54) is 24.2 Å². The second-order valence-corrected chi connectivity index (χ2v) is 18.9. The fourth-order valence-corrected chi connectivity index (χ4v) is 11.3. The molecule has 5 saturated heterocycles. The molecule has 0 aliphatic carbocycles. The molecule has 0 radical (unpaired) electrons. The molecule has 3 aromatic carbocycles. The lowest BCUT2D eigenvalue weighted by Crippen LogP contribution is -2.53. The molecule has 8 rings (SSSR count). The fraction of sp³-hybridized carbons (Fsp3) is 0.551. The number of carbonyl (C=O) groups is 3. The molecule has 1 atom stereocenters. The second kappa shape index (κ2) is 19.7. The van der Waals surface area contributed by atoms with Gasteiger partial charge in [0, 0.05) is 126 Å². The Hall–Kier alpha value is -4.83. The Bertz CT molecular complexity index is 2040. The van der Waals surface area contributed by atoms with Crippen LogP contribution in [0.2, 0.25) is 5.02 Å². The normalized spacial score (nSPS) is 21.5. The number of hydrogen-bond acceptors (Lipinski definition) is 9. The molecule has 12 nitrogen and oxygen atoms in total. The van der Waals surface area contributed by atoms with Crippen molar-refractivity contribution in [1.82, 2.24) is 20.0 Å². The van der Waals surface area contributed by atoms with Crippen molar-refractivity contribution in [3.63, 3.8) is 0 Å². The maximum Gasteiger partial charge on any atom is 0.321 e. The highest BCUT2D eigenvalue weighted by Gasteiger charge is 2.44. The third-order valence-corrected chi connectivity index (χ3v) is 15.0. The SMILES string of the molecule is CNC(=O)N(CCC=O)c1ccc(N2CCN(C3CCN(CC4CCN(C(=O)c5ccc(N6CCC7(CC6)C[C@H](C)N(c6ccc(C#N)c(Cl)c6)C7)cc5)CC4)CC3)CC2)cc1. The highest BCUT2D eigenvalue weighted by atomic mass is 35.5. The molecule has 0 bridgehead atoms. The molecule has 0 aromatic heterocycles. The van der Waals surface area contributed by atoms with Crippen LogP contribution in [0.15, 0.2) is 66.7 Å². The van der Waals surface area contributed by atoms with Crippen LogP contribution in [0.1, 0.15) is 74.2 Å². The summed E-state index contributed by atoms with van der Waals surface area (Å²) < 4.78 is 0. The third kappa shape index (κ3) is 9.85.